The maximum Gasteiger partial charge on any atom is 0.267 e. The van der Waals surface area contributed by atoms with Crippen molar-refractivity contribution in [1.29, 1.82) is 0 Å². The van der Waals surface area contributed by atoms with E-state index in [0.717, 1.165) is 46.5 Å². The van der Waals surface area contributed by atoms with Crippen molar-refractivity contribution in [2.24, 2.45) is 0 Å². The van der Waals surface area contributed by atoms with Crippen LogP contribution in [-0.2, 0) is 12.8 Å². The SMILES string of the molecule is COc1ccc(-n2c(/C=C/c3ccc(Cl)cc3)nc3sc4c(c3c2=O)CCCC4)cc1. The Morgan fingerprint density at radius 2 is 1.77 bits per heavy atom. The van der Waals surface area contributed by atoms with Gasteiger partial charge in [0.15, 0.2) is 0 Å². The fraction of sp³-hybridized carbons (Fsp3) is 0.200. The number of fused-ring (bicyclic) bond motifs is 3. The Kier molecular flexibility index (Phi) is 5.38. The molecular formula is C25H21ClN2O2S. The van der Waals surface area contributed by atoms with Crippen molar-refractivity contribution in [2.75, 3.05) is 7.11 Å². The van der Waals surface area contributed by atoms with Crippen LogP contribution in [0.5, 0.6) is 5.75 Å². The smallest absolute Gasteiger partial charge is 0.267 e. The van der Waals surface area contributed by atoms with Gasteiger partial charge in [-0.25, -0.2) is 4.98 Å². The Hall–Kier alpha value is -2.89. The van der Waals surface area contributed by atoms with Crippen molar-refractivity contribution in [3.8, 4) is 11.4 Å². The molecule has 0 amide bonds. The third-order valence-corrected chi connectivity index (χ3v) is 7.08. The molecule has 0 atom stereocenters. The molecule has 1 aliphatic rings. The van der Waals surface area contributed by atoms with Gasteiger partial charge in [0.1, 0.15) is 16.4 Å². The van der Waals surface area contributed by atoms with Crippen LogP contribution < -0.4 is 10.3 Å². The van der Waals surface area contributed by atoms with E-state index in [-0.39, 0.29) is 5.56 Å². The number of nitrogens with zero attached hydrogens (tertiary/aromatic N) is 2. The van der Waals surface area contributed by atoms with Crippen LogP contribution >= 0.6 is 22.9 Å². The molecule has 31 heavy (non-hydrogen) atoms. The monoisotopic (exact) mass is 448 g/mol. The van der Waals surface area contributed by atoms with Gasteiger partial charge in [0.25, 0.3) is 5.56 Å². The molecule has 0 saturated carbocycles. The van der Waals surface area contributed by atoms with Gasteiger partial charge in [-0.2, -0.15) is 0 Å². The van der Waals surface area contributed by atoms with Crippen LogP contribution in [0.25, 0.3) is 28.1 Å². The number of thiophene rings is 1. The summed E-state index contributed by atoms with van der Waals surface area (Å²) in [5, 5.41) is 1.47. The van der Waals surface area contributed by atoms with Crippen molar-refractivity contribution in [3.05, 3.63) is 85.7 Å². The van der Waals surface area contributed by atoms with Crippen LogP contribution in [0.2, 0.25) is 5.02 Å². The Bertz CT molecular complexity index is 1340. The summed E-state index contributed by atoms with van der Waals surface area (Å²) in [4.78, 5) is 20.8. The summed E-state index contributed by atoms with van der Waals surface area (Å²) in [6.45, 7) is 0. The standard InChI is InChI=1S/C25H21ClN2O2S/c1-30-19-13-11-18(12-14-19)28-22(15-8-16-6-9-17(26)10-7-16)27-24-23(25(28)29)20-4-2-3-5-21(20)31-24/h6-15H,2-5H2,1H3/b15-8+. The number of rotatable bonds is 4. The molecule has 4 aromatic rings. The summed E-state index contributed by atoms with van der Waals surface area (Å²) in [5.41, 5.74) is 2.95. The van der Waals surface area contributed by atoms with Gasteiger partial charge in [-0.15, -0.1) is 11.3 Å². The van der Waals surface area contributed by atoms with Gasteiger partial charge >= 0.3 is 0 Å². The maximum atomic E-state index is 13.7. The summed E-state index contributed by atoms with van der Waals surface area (Å²) >= 11 is 7.67. The number of aromatic nitrogens is 2. The first-order chi connectivity index (χ1) is 15.1. The van der Waals surface area contributed by atoms with Crippen LogP contribution in [0, 0.1) is 0 Å². The average molecular weight is 449 g/mol. The highest BCUT2D eigenvalue weighted by molar-refractivity contribution is 7.18. The number of aryl methyl sites for hydroxylation is 2. The van der Waals surface area contributed by atoms with Crippen LogP contribution in [0.3, 0.4) is 0 Å². The summed E-state index contributed by atoms with van der Waals surface area (Å²) in [7, 11) is 1.63. The van der Waals surface area contributed by atoms with E-state index >= 15 is 0 Å². The van der Waals surface area contributed by atoms with Gasteiger partial charge in [0.2, 0.25) is 0 Å². The Morgan fingerprint density at radius 3 is 2.52 bits per heavy atom. The molecule has 0 N–H and O–H groups in total. The molecule has 0 aliphatic heterocycles. The molecule has 0 saturated heterocycles. The number of benzene rings is 2. The first-order valence-corrected chi connectivity index (χ1v) is 11.5. The second-order valence-electron chi connectivity index (χ2n) is 7.58. The number of halogens is 1. The Labute approximate surface area is 189 Å². The minimum atomic E-state index is -0.00896. The first-order valence-electron chi connectivity index (χ1n) is 10.3. The van der Waals surface area contributed by atoms with Gasteiger partial charge in [-0.1, -0.05) is 29.8 Å². The minimum Gasteiger partial charge on any atom is -0.497 e. The molecule has 0 fully saturated rings. The van der Waals surface area contributed by atoms with E-state index in [2.05, 4.69) is 0 Å². The molecule has 0 bridgehead atoms. The highest BCUT2D eigenvalue weighted by Crippen LogP contribution is 2.34. The molecule has 6 heteroatoms. The third kappa shape index (κ3) is 3.80. The average Bonchev–Trinajstić information content (AvgIpc) is 3.17. The highest BCUT2D eigenvalue weighted by atomic mass is 35.5. The molecule has 0 radical (unpaired) electrons. The van der Waals surface area contributed by atoms with Crippen molar-refractivity contribution < 1.29 is 4.74 Å². The second kappa shape index (κ2) is 8.33. The minimum absolute atomic E-state index is 0.00896. The lowest BCUT2D eigenvalue weighted by Gasteiger charge is -2.13. The van der Waals surface area contributed by atoms with Crippen molar-refractivity contribution >= 4 is 45.3 Å². The predicted molar refractivity (Wildman–Crippen MR) is 129 cm³/mol. The van der Waals surface area contributed by atoms with Crippen molar-refractivity contribution in [2.45, 2.75) is 25.7 Å². The zero-order valence-electron chi connectivity index (χ0n) is 17.1. The number of ether oxygens (including phenoxy) is 1. The quantitative estimate of drug-likeness (QED) is 0.375. The molecule has 4 nitrogen and oxygen atoms in total. The van der Waals surface area contributed by atoms with Crippen molar-refractivity contribution in [1.82, 2.24) is 9.55 Å². The molecule has 0 unspecified atom stereocenters. The molecule has 5 rings (SSSR count). The van der Waals surface area contributed by atoms with E-state index in [1.54, 1.807) is 23.0 Å². The third-order valence-electron chi connectivity index (χ3n) is 5.64. The lowest BCUT2D eigenvalue weighted by molar-refractivity contribution is 0.414. The predicted octanol–water partition coefficient (Wildman–Crippen LogP) is 6.16. The zero-order chi connectivity index (χ0) is 21.4. The molecule has 156 valence electrons. The van der Waals surface area contributed by atoms with Gasteiger partial charge in [-0.05, 0) is 79.3 Å². The molecule has 2 heterocycles. The van der Waals surface area contributed by atoms with Crippen LogP contribution in [0.1, 0.15) is 34.7 Å². The van der Waals surface area contributed by atoms with E-state index < -0.39 is 0 Å². The fourth-order valence-corrected chi connectivity index (χ4v) is 5.44. The molecule has 2 aromatic carbocycles. The van der Waals surface area contributed by atoms with Gasteiger partial charge < -0.3 is 4.74 Å². The lowest BCUT2D eigenvalue weighted by Crippen LogP contribution is -2.22. The normalized spacial score (nSPS) is 13.6. The van der Waals surface area contributed by atoms with Gasteiger partial charge in [0.05, 0.1) is 18.2 Å². The highest BCUT2D eigenvalue weighted by Gasteiger charge is 2.22. The van der Waals surface area contributed by atoms with Gasteiger partial charge in [-0.3, -0.25) is 9.36 Å². The Balaban J connectivity index is 1.71. The second-order valence-corrected chi connectivity index (χ2v) is 9.10. The molecule has 2 aromatic heterocycles. The Morgan fingerprint density at radius 1 is 1.03 bits per heavy atom. The van der Waals surface area contributed by atoms with Gasteiger partial charge in [0, 0.05) is 9.90 Å². The molecule has 1 aliphatic carbocycles. The van der Waals surface area contributed by atoms with E-state index in [1.165, 1.54) is 16.9 Å². The van der Waals surface area contributed by atoms with E-state index in [0.29, 0.717) is 10.8 Å². The zero-order valence-corrected chi connectivity index (χ0v) is 18.7. The van der Waals surface area contributed by atoms with E-state index in [9.17, 15) is 4.79 Å². The summed E-state index contributed by atoms with van der Waals surface area (Å²) in [6.07, 6.45) is 8.14. The summed E-state index contributed by atoms with van der Waals surface area (Å²) < 4.78 is 6.99. The number of methoxy groups -OCH3 is 1. The lowest BCUT2D eigenvalue weighted by atomic mass is 9.97. The summed E-state index contributed by atoms with van der Waals surface area (Å²) in [6, 6.07) is 15.1. The fourth-order valence-electron chi connectivity index (χ4n) is 4.06. The summed E-state index contributed by atoms with van der Waals surface area (Å²) in [5.74, 6) is 1.35. The van der Waals surface area contributed by atoms with Crippen LogP contribution in [-0.4, -0.2) is 16.7 Å². The number of hydrogen-bond acceptors (Lipinski definition) is 4. The van der Waals surface area contributed by atoms with E-state index in [1.807, 2.05) is 60.7 Å². The number of hydrogen-bond donors (Lipinski definition) is 0. The first kappa shape index (κ1) is 20.0. The molecular weight excluding hydrogens is 428 g/mol. The van der Waals surface area contributed by atoms with Crippen molar-refractivity contribution in [3.63, 3.8) is 0 Å². The topological polar surface area (TPSA) is 44.1 Å². The van der Waals surface area contributed by atoms with E-state index in [4.69, 9.17) is 21.3 Å². The maximum absolute atomic E-state index is 13.7. The van der Waals surface area contributed by atoms with Crippen LogP contribution in [0.4, 0.5) is 0 Å². The van der Waals surface area contributed by atoms with Crippen LogP contribution in [0.15, 0.2) is 53.3 Å². The molecule has 0 spiro atoms. The largest absolute Gasteiger partial charge is 0.497 e.